The fourth-order valence-corrected chi connectivity index (χ4v) is 3.87. The number of ether oxygens (including phenoxy) is 1. The lowest BCUT2D eigenvalue weighted by atomic mass is 9.92. The Kier molecular flexibility index (Phi) is 6.28. The van der Waals surface area contributed by atoms with Crippen LogP contribution in [0.15, 0.2) is 46.1 Å². The molecule has 3 aromatic rings. The number of hydrogen-bond donors (Lipinski definition) is 1. The number of amides is 1. The highest BCUT2D eigenvalue weighted by molar-refractivity contribution is 7.99. The van der Waals surface area contributed by atoms with Crippen molar-refractivity contribution in [1.29, 1.82) is 0 Å². The molecular weight excluding hydrogens is 416 g/mol. The van der Waals surface area contributed by atoms with Crippen molar-refractivity contribution >= 4 is 29.5 Å². The van der Waals surface area contributed by atoms with Crippen molar-refractivity contribution in [2.24, 2.45) is 0 Å². The third-order valence-corrected chi connectivity index (χ3v) is 5.73. The number of nitrogens with one attached hydrogen (secondary N) is 1. The van der Waals surface area contributed by atoms with E-state index in [2.05, 4.69) is 25.6 Å². The van der Waals surface area contributed by atoms with Crippen LogP contribution in [0.2, 0.25) is 0 Å². The van der Waals surface area contributed by atoms with E-state index in [0.717, 1.165) is 30.4 Å². The van der Waals surface area contributed by atoms with Gasteiger partial charge in [0, 0.05) is 24.6 Å². The molecule has 3 heterocycles. The fraction of sp³-hybridized carbons (Fsp3) is 0.429. The maximum atomic E-state index is 12.5. The summed E-state index contributed by atoms with van der Waals surface area (Å²) in [6.45, 7) is 8.91. The number of hydrogen-bond acceptors (Lipinski definition) is 8. The monoisotopic (exact) mass is 442 g/mol. The molecule has 9 nitrogen and oxygen atoms in total. The lowest BCUT2D eigenvalue weighted by Crippen LogP contribution is -2.37. The van der Waals surface area contributed by atoms with Crippen LogP contribution in [0.4, 0.5) is 11.8 Å². The van der Waals surface area contributed by atoms with E-state index in [1.165, 1.54) is 11.8 Å². The Morgan fingerprint density at radius 1 is 1.16 bits per heavy atom. The van der Waals surface area contributed by atoms with Crippen LogP contribution in [0, 0.1) is 0 Å². The Morgan fingerprint density at radius 2 is 1.90 bits per heavy atom. The zero-order valence-corrected chi connectivity index (χ0v) is 18.7. The molecular formula is C21H26N6O3S. The van der Waals surface area contributed by atoms with Gasteiger partial charge in [0.25, 0.3) is 0 Å². The molecule has 0 radical (unpaired) electrons. The Morgan fingerprint density at radius 3 is 2.58 bits per heavy atom. The number of morpholine rings is 1. The van der Waals surface area contributed by atoms with Crippen LogP contribution in [0.1, 0.15) is 26.5 Å². The SMILES string of the molecule is CC(C)(C)c1cc(NC(=O)CSc2nnc(N3CCOCC3)n2-c2ccccc2)on1. The first-order valence-corrected chi connectivity index (χ1v) is 11.1. The second-order valence-corrected chi connectivity index (χ2v) is 9.16. The van der Waals surface area contributed by atoms with Crippen molar-refractivity contribution in [3.63, 3.8) is 0 Å². The van der Waals surface area contributed by atoms with E-state index in [1.54, 1.807) is 6.07 Å². The lowest BCUT2D eigenvalue weighted by molar-refractivity contribution is -0.113. The van der Waals surface area contributed by atoms with Gasteiger partial charge in [-0.15, -0.1) is 10.2 Å². The minimum absolute atomic E-state index is 0.150. The second-order valence-electron chi connectivity index (χ2n) is 8.22. The summed E-state index contributed by atoms with van der Waals surface area (Å²) in [7, 11) is 0. The number of nitrogens with zero attached hydrogens (tertiary/aromatic N) is 5. The average molecular weight is 443 g/mol. The molecule has 1 N–H and O–H groups in total. The number of anilines is 2. The number of carbonyl (C=O) groups excluding carboxylic acids is 1. The normalized spacial score (nSPS) is 14.6. The second kappa shape index (κ2) is 9.11. The van der Waals surface area contributed by atoms with Crippen molar-refractivity contribution in [2.75, 3.05) is 42.3 Å². The number of para-hydroxylation sites is 1. The summed E-state index contributed by atoms with van der Waals surface area (Å²) in [5.41, 5.74) is 1.58. The highest BCUT2D eigenvalue weighted by atomic mass is 32.2. The zero-order chi connectivity index (χ0) is 21.8. The van der Waals surface area contributed by atoms with Gasteiger partial charge in [-0.3, -0.25) is 14.7 Å². The zero-order valence-electron chi connectivity index (χ0n) is 17.9. The molecule has 164 valence electrons. The quantitative estimate of drug-likeness (QED) is 0.582. The third-order valence-electron chi connectivity index (χ3n) is 4.80. The Labute approximate surface area is 185 Å². The maximum Gasteiger partial charge on any atom is 0.237 e. The van der Waals surface area contributed by atoms with Crippen LogP contribution in [0.5, 0.6) is 0 Å². The number of rotatable bonds is 6. The molecule has 1 amide bonds. The molecule has 1 aliphatic heterocycles. The molecule has 0 unspecified atom stereocenters. The Bertz CT molecular complexity index is 1020. The first-order chi connectivity index (χ1) is 14.9. The van der Waals surface area contributed by atoms with Gasteiger partial charge in [-0.25, -0.2) is 0 Å². The van der Waals surface area contributed by atoms with Crippen molar-refractivity contribution in [3.8, 4) is 5.69 Å². The summed E-state index contributed by atoms with van der Waals surface area (Å²) in [5.74, 6) is 1.06. The minimum Gasteiger partial charge on any atom is -0.378 e. The number of carbonyl (C=O) groups is 1. The smallest absolute Gasteiger partial charge is 0.237 e. The van der Waals surface area contributed by atoms with Crippen molar-refractivity contribution < 1.29 is 14.1 Å². The van der Waals surface area contributed by atoms with Gasteiger partial charge in [-0.2, -0.15) is 0 Å². The van der Waals surface area contributed by atoms with E-state index in [-0.39, 0.29) is 17.1 Å². The Balaban J connectivity index is 1.48. The fourth-order valence-electron chi connectivity index (χ4n) is 3.12. The molecule has 31 heavy (non-hydrogen) atoms. The predicted molar refractivity (Wildman–Crippen MR) is 119 cm³/mol. The summed E-state index contributed by atoms with van der Waals surface area (Å²) in [4.78, 5) is 14.6. The van der Waals surface area contributed by atoms with E-state index in [0.29, 0.717) is 24.3 Å². The summed E-state index contributed by atoms with van der Waals surface area (Å²) < 4.78 is 12.7. The van der Waals surface area contributed by atoms with Crippen molar-refractivity contribution in [3.05, 3.63) is 42.1 Å². The van der Waals surface area contributed by atoms with Gasteiger partial charge >= 0.3 is 0 Å². The maximum absolute atomic E-state index is 12.5. The molecule has 0 saturated carbocycles. The van der Waals surface area contributed by atoms with Gasteiger partial charge in [-0.05, 0) is 12.1 Å². The van der Waals surface area contributed by atoms with Gasteiger partial charge < -0.3 is 14.2 Å². The van der Waals surface area contributed by atoms with Crippen LogP contribution < -0.4 is 10.2 Å². The lowest BCUT2D eigenvalue weighted by Gasteiger charge is -2.27. The number of thioether (sulfide) groups is 1. The molecule has 4 rings (SSSR count). The average Bonchev–Trinajstić information content (AvgIpc) is 3.40. The van der Waals surface area contributed by atoms with Crippen LogP contribution in [0.3, 0.4) is 0 Å². The van der Waals surface area contributed by atoms with Gasteiger partial charge in [0.15, 0.2) is 5.16 Å². The van der Waals surface area contributed by atoms with E-state index in [4.69, 9.17) is 9.26 Å². The van der Waals surface area contributed by atoms with Gasteiger partial charge in [0.05, 0.1) is 30.3 Å². The molecule has 1 aliphatic rings. The minimum atomic E-state index is -0.197. The molecule has 0 bridgehead atoms. The molecule has 0 aliphatic carbocycles. The van der Waals surface area contributed by atoms with E-state index >= 15 is 0 Å². The summed E-state index contributed by atoms with van der Waals surface area (Å²) in [5, 5.41) is 16.2. The topological polar surface area (TPSA) is 98.3 Å². The van der Waals surface area contributed by atoms with Crippen LogP contribution in [0.25, 0.3) is 5.69 Å². The summed E-state index contributed by atoms with van der Waals surface area (Å²) in [6.07, 6.45) is 0. The van der Waals surface area contributed by atoms with Gasteiger partial charge in [-0.1, -0.05) is 55.9 Å². The largest absolute Gasteiger partial charge is 0.378 e. The van der Waals surface area contributed by atoms with Crippen molar-refractivity contribution in [1.82, 2.24) is 19.9 Å². The molecule has 0 atom stereocenters. The molecule has 0 spiro atoms. The molecule has 2 aromatic heterocycles. The molecule has 1 aromatic carbocycles. The molecule has 1 fully saturated rings. The van der Waals surface area contributed by atoms with Crippen LogP contribution in [-0.2, 0) is 14.9 Å². The predicted octanol–water partition coefficient (Wildman–Crippen LogP) is 3.12. The van der Waals surface area contributed by atoms with Crippen LogP contribution in [-0.4, -0.2) is 57.9 Å². The van der Waals surface area contributed by atoms with E-state index in [9.17, 15) is 4.79 Å². The molecule has 1 saturated heterocycles. The number of aromatic nitrogens is 4. The highest BCUT2D eigenvalue weighted by Gasteiger charge is 2.23. The summed E-state index contributed by atoms with van der Waals surface area (Å²) in [6, 6.07) is 11.7. The van der Waals surface area contributed by atoms with Crippen LogP contribution >= 0.6 is 11.8 Å². The first-order valence-electron chi connectivity index (χ1n) is 10.2. The Hall–Kier alpha value is -2.85. The van der Waals surface area contributed by atoms with E-state index < -0.39 is 0 Å². The highest BCUT2D eigenvalue weighted by Crippen LogP contribution is 2.28. The number of benzene rings is 1. The van der Waals surface area contributed by atoms with E-state index in [1.807, 2.05) is 55.7 Å². The first kappa shape index (κ1) is 21.4. The van der Waals surface area contributed by atoms with Gasteiger partial charge in [0.2, 0.25) is 17.7 Å². The van der Waals surface area contributed by atoms with Crippen molar-refractivity contribution in [2.45, 2.75) is 31.3 Å². The van der Waals surface area contributed by atoms with Gasteiger partial charge in [0.1, 0.15) is 0 Å². The molecule has 10 heteroatoms. The summed E-state index contributed by atoms with van der Waals surface area (Å²) >= 11 is 1.32. The standard InChI is InChI=1S/C21H26N6O3S/c1-21(2,3)16-13-18(30-25-16)22-17(28)14-31-20-24-23-19(26-9-11-29-12-10-26)27(20)15-7-5-4-6-8-15/h4-8,13H,9-12,14H2,1-3H3,(H,22,28). The third kappa shape index (κ3) is 5.08.